The molecule has 140 valence electrons. The first-order valence-corrected chi connectivity index (χ1v) is 10.9. The van der Waals surface area contributed by atoms with Crippen LogP contribution in [0.3, 0.4) is 0 Å². The van der Waals surface area contributed by atoms with Crippen LogP contribution in [0.25, 0.3) is 10.6 Å². The molecule has 1 saturated heterocycles. The van der Waals surface area contributed by atoms with E-state index in [1.54, 1.807) is 23.5 Å². The smallest absolute Gasteiger partial charge is 0.249 e. The van der Waals surface area contributed by atoms with Crippen molar-refractivity contribution in [2.45, 2.75) is 13.5 Å². The molecule has 0 saturated carbocycles. The number of aromatic nitrogens is 1. The maximum atomic E-state index is 12.0. The summed E-state index contributed by atoms with van der Waals surface area (Å²) in [5.41, 5.74) is 7.75. The van der Waals surface area contributed by atoms with Crippen LogP contribution < -0.4 is 5.73 Å². The van der Waals surface area contributed by atoms with Gasteiger partial charge in [-0.2, -0.15) is 4.31 Å². The number of rotatable bonds is 6. The van der Waals surface area contributed by atoms with Crippen molar-refractivity contribution in [3.05, 3.63) is 40.9 Å². The fourth-order valence-electron chi connectivity index (χ4n) is 3.04. The van der Waals surface area contributed by atoms with Gasteiger partial charge in [-0.3, -0.25) is 9.69 Å². The van der Waals surface area contributed by atoms with Crippen LogP contribution in [0.2, 0.25) is 0 Å². The van der Waals surface area contributed by atoms with Gasteiger partial charge in [-0.15, -0.1) is 11.3 Å². The van der Waals surface area contributed by atoms with E-state index in [1.807, 2.05) is 17.5 Å². The van der Waals surface area contributed by atoms with Crippen LogP contribution >= 0.6 is 11.3 Å². The van der Waals surface area contributed by atoms with Crippen molar-refractivity contribution in [2.75, 3.05) is 31.9 Å². The maximum Gasteiger partial charge on any atom is 0.249 e. The second-order valence-corrected chi connectivity index (χ2v) is 9.31. The number of hydrogen-bond donors (Lipinski definition) is 1. The molecule has 2 N–H and O–H groups in total. The predicted octanol–water partition coefficient (Wildman–Crippen LogP) is 1.38. The minimum Gasteiger partial charge on any atom is -0.366 e. The number of primary amides is 1. The molecule has 0 radical (unpaired) electrons. The third kappa shape index (κ3) is 4.12. The minimum atomic E-state index is -3.12. The van der Waals surface area contributed by atoms with Crippen molar-refractivity contribution in [1.29, 1.82) is 0 Å². The van der Waals surface area contributed by atoms with E-state index >= 15 is 0 Å². The number of hydrogen-bond acceptors (Lipinski definition) is 6. The van der Waals surface area contributed by atoms with Gasteiger partial charge in [-0.25, -0.2) is 13.4 Å². The second-order valence-electron chi connectivity index (χ2n) is 6.16. The van der Waals surface area contributed by atoms with Gasteiger partial charge in [0.25, 0.3) is 0 Å². The molecule has 9 heteroatoms. The van der Waals surface area contributed by atoms with E-state index in [2.05, 4.69) is 9.88 Å². The molecule has 7 nitrogen and oxygen atoms in total. The highest BCUT2D eigenvalue weighted by Crippen LogP contribution is 2.27. The Kier molecular flexibility index (Phi) is 5.71. The Labute approximate surface area is 157 Å². The quantitative estimate of drug-likeness (QED) is 0.798. The lowest BCUT2D eigenvalue weighted by Crippen LogP contribution is -2.48. The van der Waals surface area contributed by atoms with Gasteiger partial charge in [0.15, 0.2) is 0 Å². The largest absolute Gasteiger partial charge is 0.366 e. The first kappa shape index (κ1) is 19.0. The standard InChI is InChI=1S/C17H22N4O3S2/c1-2-26(23,24)21-8-6-20(7-9-21)12-13-3-4-14(16(18)22)15(11-13)17-19-5-10-25-17/h3-5,10-11H,2,6-9,12H2,1H3,(H2,18,22). The molecule has 2 heterocycles. The zero-order chi connectivity index (χ0) is 18.7. The monoisotopic (exact) mass is 394 g/mol. The molecule has 0 bridgehead atoms. The van der Waals surface area contributed by atoms with Gasteiger partial charge >= 0.3 is 0 Å². The molecule has 26 heavy (non-hydrogen) atoms. The van der Waals surface area contributed by atoms with E-state index in [-0.39, 0.29) is 5.75 Å². The number of piperazine rings is 1. The molecular weight excluding hydrogens is 372 g/mol. The summed E-state index contributed by atoms with van der Waals surface area (Å²) in [6, 6.07) is 5.59. The predicted molar refractivity (Wildman–Crippen MR) is 102 cm³/mol. The van der Waals surface area contributed by atoms with Gasteiger partial charge in [0.05, 0.1) is 5.75 Å². The first-order valence-electron chi connectivity index (χ1n) is 8.43. The molecule has 1 aromatic carbocycles. The van der Waals surface area contributed by atoms with Crippen LogP contribution in [0.4, 0.5) is 0 Å². The molecule has 2 aromatic rings. The third-order valence-electron chi connectivity index (χ3n) is 4.51. The van der Waals surface area contributed by atoms with Crippen LogP contribution in [-0.4, -0.2) is 60.4 Å². The maximum absolute atomic E-state index is 12.0. The fourth-order valence-corrected chi connectivity index (χ4v) is 4.80. The van der Waals surface area contributed by atoms with Crippen molar-refractivity contribution >= 4 is 27.3 Å². The summed E-state index contributed by atoms with van der Waals surface area (Å²) in [5, 5.41) is 2.62. The molecule has 0 atom stereocenters. The van der Waals surface area contributed by atoms with Crippen LogP contribution in [0.1, 0.15) is 22.8 Å². The Bertz CT molecular complexity index is 873. The van der Waals surface area contributed by atoms with Gasteiger partial charge in [0, 0.05) is 55.4 Å². The zero-order valence-electron chi connectivity index (χ0n) is 14.6. The highest BCUT2D eigenvalue weighted by molar-refractivity contribution is 7.89. The number of carbonyl (C=O) groups excluding carboxylic acids is 1. The summed E-state index contributed by atoms with van der Waals surface area (Å²) in [6.45, 7) is 4.75. The summed E-state index contributed by atoms with van der Waals surface area (Å²) >= 11 is 1.46. The summed E-state index contributed by atoms with van der Waals surface area (Å²) < 4.78 is 25.5. The van der Waals surface area contributed by atoms with E-state index in [9.17, 15) is 13.2 Å². The molecule has 1 aliphatic rings. The average molecular weight is 395 g/mol. The Morgan fingerprint density at radius 3 is 2.58 bits per heavy atom. The normalized spacial score (nSPS) is 16.7. The van der Waals surface area contributed by atoms with Gasteiger partial charge in [0.2, 0.25) is 15.9 Å². The number of nitrogens with zero attached hydrogens (tertiary/aromatic N) is 3. The lowest BCUT2D eigenvalue weighted by atomic mass is 10.0. The molecule has 1 fully saturated rings. The van der Waals surface area contributed by atoms with E-state index in [1.165, 1.54) is 11.3 Å². The molecule has 0 unspecified atom stereocenters. The van der Waals surface area contributed by atoms with Gasteiger partial charge in [0.1, 0.15) is 5.01 Å². The Morgan fingerprint density at radius 2 is 2.00 bits per heavy atom. The number of thiazole rings is 1. The van der Waals surface area contributed by atoms with Crippen molar-refractivity contribution < 1.29 is 13.2 Å². The Morgan fingerprint density at radius 1 is 1.27 bits per heavy atom. The molecule has 3 rings (SSSR count). The van der Waals surface area contributed by atoms with Crippen LogP contribution in [0, 0.1) is 0 Å². The lowest BCUT2D eigenvalue weighted by molar-refractivity contribution is 0.100. The van der Waals surface area contributed by atoms with Crippen LogP contribution in [0.5, 0.6) is 0 Å². The summed E-state index contributed by atoms with van der Waals surface area (Å²) in [6.07, 6.45) is 1.70. The zero-order valence-corrected chi connectivity index (χ0v) is 16.2. The molecule has 1 aliphatic heterocycles. The first-order chi connectivity index (χ1) is 12.4. The van der Waals surface area contributed by atoms with Crippen molar-refractivity contribution in [3.8, 4) is 10.6 Å². The third-order valence-corrected chi connectivity index (χ3v) is 7.20. The van der Waals surface area contributed by atoms with E-state index in [4.69, 9.17) is 5.73 Å². The van der Waals surface area contributed by atoms with Crippen LogP contribution in [0.15, 0.2) is 29.8 Å². The molecule has 1 aromatic heterocycles. The Balaban J connectivity index is 1.74. The highest BCUT2D eigenvalue weighted by Gasteiger charge is 2.25. The van der Waals surface area contributed by atoms with E-state index < -0.39 is 15.9 Å². The fraction of sp³-hybridized carbons (Fsp3) is 0.412. The highest BCUT2D eigenvalue weighted by atomic mass is 32.2. The number of nitrogens with two attached hydrogens (primary N) is 1. The van der Waals surface area contributed by atoms with Gasteiger partial charge < -0.3 is 5.73 Å². The lowest BCUT2D eigenvalue weighted by Gasteiger charge is -2.33. The van der Waals surface area contributed by atoms with Crippen molar-refractivity contribution in [1.82, 2.24) is 14.2 Å². The Hall–Kier alpha value is -1.81. The van der Waals surface area contributed by atoms with Crippen molar-refractivity contribution in [3.63, 3.8) is 0 Å². The minimum absolute atomic E-state index is 0.138. The van der Waals surface area contributed by atoms with E-state index in [0.29, 0.717) is 38.3 Å². The van der Waals surface area contributed by atoms with E-state index in [0.717, 1.165) is 16.1 Å². The van der Waals surface area contributed by atoms with Gasteiger partial charge in [-0.1, -0.05) is 6.07 Å². The molecule has 1 amide bonds. The molecule has 0 spiro atoms. The summed E-state index contributed by atoms with van der Waals surface area (Å²) in [5.74, 6) is -0.334. The second kappa shape index (κ2) is 7.83. The number of carbonyl (C=O) groups is 1. The topological polar surface area (TPSA) is 96.6 Å². The number of benzene rings is 1. The number of sulfonamides is 1. The average Bonchev–Trinajstić information content (AvgIpc) is 3.16. The molecule has 0 aliphatic carbocycles. The molecular formula is C17H22N4O3S2. The summed E-state index contributed by atoms with van der Waals surface area (Å²) in [4.78, 5) is 18.2. The van der Waals surface area contributed by atoms with Crippen LogP contribution in [-0.2, 0) is 16.6 Å². The summed E-state index contributed by atoms with van der Waals surface area (Å²) in [7, 11) is -3.12. The SMILES string of the molecule is CCS(=O)(=O)N1CCN(Cc2ccc(C(N)=O)c(-c3nccs3)c2)CC1. The number of amides is 1. The van der Waals surface area contributed by atoms with Gasteiger partial charge in [-0.05, 0) is 24.6 Å². The van der Waals surface area contributed by atoms with Crippen molar-refractivity contribution in [2.24, 2.45) is 5.73 Å².